The summed E-state index contributed by atoms with van der Waals surface area (Å²) in [5.74, 6) is 0.653. The van der Waals surface area contributed by atoms with E-state index in [1.165, 1.54) is 0 Å². The van der Waals surface area contributed by atoms with Gasteiger partial charge in [-0.3, -0.25) is 0 Å². The largest absolute Gasteiger partial charge is 0.393 e. The third-order valence-corrected chi connectivity index (χ3v) is 2.52. The SMILES string of the molecule is OC1CCC(CNCCF)CC1. The van der Waals surface area contributed by atoms with E-state index in [2.05, 4.69) is 5.32 Å². The molecule has 0 amide bonds. The average Bonchev–Trinajstić information content (AvgIpc) is 2.09. The molecule has 0 aliphatic heterocycles. The zero-order valence-electron chi connectivity index (χ0n) is 7.43. The maximum Gasteiger partial charge on any atom is 0.102 e. The fourth-order valence-electron chi connectivity index (χ4n) is 1.72. The van der Waals surface area contributed by atoms with Crippen LogP contribution in [0.2, 0.25) is 0 Å². The van der Waals surface area contributed by atoms with E-state index in [0.717, 1.165) is 32.2 Å². The average molecular weight is 175 g/mol. The van der Waals surface area contributed by atoms with Crippen LogP contribution >= 0.6 is 0 Å². The molecule has 1 rings (SSSR count). The number of hydrogen-bond donors (Lipinski definition) is 2. The van der Waals surface area contributed by atoms with Crippen LogP contribution in [0.15, 0.2) is 0 Å². The van der Waals surface area contributed by atoms with Crippen molar-refractivity contribution in [2.45, 2.75) is 31.8 Å². The Kier molecular flexibility index (Phi) is 4.54. The summed E-state index contributed by atoms with van der Waals surface area (Å²) in [6, 6.07) is 0. The molecule has 12 heavy (non-hydrogen) atoms. The Morgan fingerprint density at radius 2 is 1.92 bits per heavy atom. The Balaban J connectivity index is 2.01. The van der Waals surface area contributed by atoms with Crippen LogP contribution in [-0.4, -0.2) is 31.0 Å². The van der Waals surface area contributed by atoms with E-state index in [1.807, 2.05) is 0 Å². The maximum atomic E-state index is 11.7. The second-order valence-electron chi connectivity index (χ2n) is 3.57. The van der Waals surface area contributed by atoms with Crippen molar-refractivity contribution in [2.24, 2.45) is 5.92 Å². The summed E-state index contributed by atoms with van der Waals surface area (Å²) in [6.45, 7) is 1.10. The Morgan fingerprint density at radius 1 is 1.25 bits per heavy atom. The van der Waals surface area contributed by atoms with Crippen LogP contribution in [-0.2, 0) is 0 Å². The Bertz CT molecular complexity index is 113. The molecule has 0 bridgehead atoms. The number of nitrogens with one attached hydrogen (secondary N) is 1. The van der Waals surface area contributed by atoms with E-state index in [1.54, 1.807) is 0 Å². The van der Waals surface area contributed by atoms with E-state index in [9.17, 15) is 9.50 Å². The van der Waals surface area contributed by atoms with Gasteiger partial charge in [0.05, 0.1) is 6.10 Å². The Labute approximate surface area is 73.2 Å². The molecule has 3 heteroatoms. The van der Waals surface area contributed by atoms with Crippen LogP contribution in [0.5, 0.6) is 0 Å². The van der Waals surface area contributed by atoms with Crippen LogP contribution in [0, 0.1) is 5.92 Å². The molecule has 1 fully saturated rings. The van der Waals surface area contributed by atoms with Gasteiger partial charge in [0.15, 0.2) is 0 Å². The van der Waals surface area contributed by atoms with Crippen molar-refractivity contribution >= 4 is 0 Å². The van der Waals surface area contributed by atoms with Crippen molar-refractivity contribution in [2.75, 3.05) is 19.8 Å². The molecule has 0 heterocycles. The van der Waals surface area contributed by atoms with Gasteiger partial charge in [0.1, 0.15) is 6.67 Å². The van der Waals surface area contributed by atoms with Crippen LogP contribution in [0.3, 0.4) is 0 Å². The second-order valence-corrected chi connectivity index (χ2v) is 3.57. The van der Waals surface area contributed by atoms with E-state index in [4.69, 9.17) is 0 Å². The van der Waals surface area contributed by atoms with Gasteiger partial charge in [0.25, 0.3) is 0 Å². The molecule has 0 radical (unpaired) electrons. The lowest BCUT2D eigenvalue weighted by molar-refractivity contribution is 0.108. The van der Waals surface area contributed by atoms with Crippen LogP contribution in [0.4, 0.5) is 4.39 Å². The molecule has 1 aliphatic rings. The van der Waals surface area contributed by atoms with Gasteiger partial charge in [0.2, 0.25) is 0 Å². The van der Waals surface area contributed by atoms with Crippen LogP contribution < -0.4 is 5.32 Å². The lowest BCUT2D eigenvalue weighted by Gasteiger charge is -2.25. The number of alkyl halides is 1. The first kappa shape index (κ1) is 9.93. The number of rotatable bonds is 4. The minimum Gasteiger partial charge on any atom is -0.393 e. The third-order valence-electron chi connectivity index (χ3n) is 2.52. The van der Waals surface area contributed by atoms with Crippen molar-refractivity contribution < 1.29 is 9.50 Å². The molecule has 2 N–H and O–H groups in total. The molecule has 0 unspecified atom stereocenters. The predicted molar refractivity (Wildman–Crippen MR) is 46.8 cm³/mol. The van der Waals surface area contributed by atoms with Gasteiger partial charge >= 0.3 is 0 Å². The first-order valence-electron chi connectivity index (χ1n) is 4.77. The molecule has 0 spiro atoms. The quantitative estimate of drug-likeness (QED) is 0.627. The highest BCUT2D eigenvalue weighted by atomic mass is 19.1. The Morgan fingerprint density at radius 3 is 2.50 bits per heavy atom. The van der Waals surface area contributed by atoms with Gasteiger partial charge in [-0.2, -0.15) is 0 Å². The summed E-state index contributed by atoms with van der Waals surface area (Å²) >= 11 is 0. The fraction of sp³-hybridized carbons (Fsp3) is 1.00. The minimum atomic E-state index is -0.282. The number of halogens is 1. The number of aliphatic hydroxyl groups is 1. The molecule has 2 nitrogen and oxygen atoms in total. The summed E-state index contributed by atoms with van der Waals surface area (Å²) in [5.41, 5.74) is 0. The molecule has 72 valence electrons. The molecule has 0 aromatic carbocycles. The minimum absolute atomic E-state index is 0.0811. The topological polar surface area (TPSA) is 32.3 Å². The normalized spacial score (nSPS) is 30.5. The van der Waals surface area contributed by atoms with Gasteiger partial charge < -0.3 is 10.4 Å². The van der Waals surface area contributed by atoms with Gasteiger partial charge in [0, 0.05) is 6.54 Å². The van der Waals surface area contributed by atoms with Gasteiger partial charge in [-0.25, -0.2) is 4.39 Å². The first-order valence-corrected chi connectivity index (χ1v) is 4.77. The van der Waals surface area contributed by atoms with Crippen molar-refractivity contribution in [3.05, 3.63) is 0 Å². The molecule has 1 aliphatic carbocycles. The highest BCUT2D eigenvalue weighted by Gasteiger charge is 2.18. The second kappa shape index (κ2) is 5.49. The summed E-state index contributed by atoms with van der Waals surface area (Å²) in [6.07, 6.45) is 3.92. The molecular weight excluding hydrogens is 157 g/mol. The monoisotopic (exact) mass is 175 g/mol. The lowest BCUT2D eigenvalue weighted by Crippen LogP contribution is -2.29. The van der Waals surface area contributed by atoms with E-state index in [0.29, 0.717) is 12.5 Å². The van der Waals surface area contributed by atoms with Gasteiger partial charge in [-0.05, 0) is 38.1 Å². The van der Waals surface area contributed by atoms with Crippen LogP contribution in [0.25, 0.3) is 0 Å². The molecule has 0 aromatic heterocycles. The van der Waals surface area contributed by atoms with Crippen LogP contribution in [0.1, 0.15) is 25.7 Å². The summed E-state index contributed by atoms with van der Waals surface area (Å²) in [4.78, 5) is 0. The maximum absolute atomic E-state index is 11.7. The highest BCUT2D eigenvalue weighted by molar-refractivity contribution is 4.72. The molecular formula is C9H18FNO. The van der Waals surface area contributed by atoms with Crippen molar-refractivity contribution in [3.63, 3.8) is 0 Å². The van der Waals surface area contributed by atoms with Gasteiger partial charge in [-0.15, -0.1) is 0 Å². The zero-order chi connectivity index (χ0) is 8.81. The predicted octanol–water partition coefficient (Wildman–Crippen LogP) is 1.10. The van der Waals surface area contributed by atoms with Crippen molar-refractivity contribution in [1.29, 1.82) is 0 Å². The highest BCUT2D eigenvalue weighted by Crippen LogP contribution is 2.23. The number of hydrogen-bond acceptors (Lipinski definition) is 2. The Hall–Kier alpha value is -0.150. The summed E-state index contributed by atoms with van der Waals surface area (Å²) in [7, 11) is 0. The van der Waals surface area contributed by atoms with E-state index < -0.39 is 0 Å². The summed E-state index contributed by atoms with van der Waals surface area (Å²) < 4.78 is 11.7. The number of aliphatic hydroxyl groups excluding tert-OH is 1. The molecule has 0 aromatic rings. The van der Waals surface area contributed by atoms with Crippen molar-refractivity contribution in [1.82, 2.24) is 5.32 Å². The van der Waals surface area contributed by atoms with E-state index >= 15 is 0 Å². The molecule has 0 saturated heterocycles. The fourth-order valence-corrected chi connectivity index (χ4v) is 1.72. The lowest BCUT2D eigenvalue weighted by atomic mass is 9.87. The smallest absolute Gasteiger partial charge is 0.102 e. The standard InChI is InChI=1S/C9H18FNO/c10-5-6-11-7-8-1-3-9(12)4-2-8/h8-9,11-12H,1-7H2. The first-order chi connectivity index (χ1) is 5.83. The summed E-state index contributed by atoms with van der Waals surface area (Å²) in [5, 5.41) is 12.3. The van der Waals surface area contributed by atoms with E-state index in [-0.39, 0.29) is 12.8 Å². The molecule has 1 saturated carbocycles. The zero-order valence-corrected chi connectivity index (χ0v) is 7.43. The van der Waals surface area contributed by atoms with Crippen molar-refractivity contribution in [3.8, 4) is 0 Å². The third kappa shape index (κ3) is 3.50. The van der Waals surface area contributed by atoms with Gasteiger partial charge in [-0.1, -0.05) is 0 Å². The molecule has 0 atom stereocenters.